The van der Waals surface area contributed by atoms with Gasteiger partial charge in [0.05, 0.1) is 38.7 Å². The number of amides is 1. The van der Waals surface area contributed by atoms with E-state index < -0.39 is 28.4 Å². The first-order valence-electron chi connectivity index (χ1n) is 9.93. The molecule has 0 fully saturated rings. The molecule has 0 saturated carbocycles. The Hall–Kier alpha value is -4.09. The summed E-state index contributed by atoms with van der Waals surface area (Å²) in [7, 11) is 1.54. The first-order valence-corrected chi connectivity index (χ1v) is 11.6. The maximum Gasteiger partial charge on any atom is 0.296 e. The van der Waals surface area contributed by atoms with Gasteiger partial charge < -0.3 is 9.84 Å². The molecule has 0 radical (unpaired) electrons. The summed E-state index contributed by atoms with van der Waals surface area (Å²) in [5.74, 6) is -1.42. The Morgan fingerprint density at radius 3 is 2.74 bits per heavy atom. The van der Waals surface area contributed by atoms with Gasteiger partial charge in [0.15, 0.2) is 10.9 Å². The van der Waals surface area contributed by atoms with E-state index in [9.17, 15) is 24.8 Å². The molecule has 1 N–H and O–H groups in total. The van der Waals surface area contributed by atoms with Crippen LogP contribution in [0.15, 0.2) is 71.3 Å². The van der Waals surface area contributed by atoms with E-state index in [4.69, 9.17) is 4.74 Å². The zero-order valence-corrected chi connectivity index (χ0v) is 19.1. The number of aromatic nitrogens is 1. The number of methoxy groups -OCH3 is 1. The number of aliphatic hydroxyl groups excluding tert-OH is 1. The molecule has 34 heavy (non-hydrogen) atoms. The van der Waals surface area contributed by atoms with E-state index in [0.717, 1.165) is 4.70 Å². The van der Waals surface area contributed by atoms with Crippen molar-refractivity contribution in [2.75, 3.05) is 12.0 Å². The fraction of sp³-hybridized carbons (Fsp3) is 0.0870. The third kappa shape index (κ3) is 3.51. The molecule has 1 aliphatic rings. The molecule has 1 amide bonds. The Labute approximate surface area is 200 Å². The summed E-state index contributed by atoms with van der Waals surface area (Å²) in [6.45, 7) is 0. The second-order valence-electron chi connectivity index (χ2n) is 7.33. The van der Waals surface area contributed by atoms with Gasteiger partial charge in [0.25, 0.3) is 11.6 Å². The maximum atomic E-state index is 13.3. The summed E-state index contributed by atoms with van der Waals surface area (Å²) >= 11 is 2.36. The van der Waals surface area contributed by atoms with Crippen molar-refractivity contribution in [3.63, 3.8) is 0 Å². The molecule has 2 aromatic carbocycles. The van der Waals surface area contributed by atoms with Gasteiger partial charge in [0, 0.05) is 12.1 Å². The normalized spacial score (nSPS) is 15.9. The number of aliphatic hydroxyl groups is 1. The maximum absolute atomic E-state index is 13.3. The number of rotatable bonds is 6. The highest BCUT2D eigenvalue weighted by molar-refractivity contribution is 7.22. The summed E-state index contributed by atoms with van der Waals surface area (Å²) in [6.07, 6.45) is 0. The summed E-state index contributed by atoms with van der Waals surface area (Å²) in [4.78, 5) is 43.5. The summed E-state index contributed by atoms with van der Waals surface area (Å²) in [6, 6.07) is 13.1. The Morgan fingerprint density at radius 1 is 1.21 bits per heavy atom. The quantitative estimate of drug-likeness (QED) is 0.226. The average Bonchev–Trinajstić information content (AvgIpc) is 3.57. The molecule has 5 rings (SSSR count). The number of carbonyl (C=O) groups is 2. The first-order chi connectivity index (χ1) is 16.4. The largest absolute Gasteiger partial charge is 0.503 e. The number of Topliss-reactive ketones (excluding diaryl/α,β-unsaturated/α-hetero) is 1. The topological polar surface area (TPSA) is 123 Å². The number of hydrogen-bond donors (Lipinski definition) is 1. The number of hydrogen-bond acceptors (Lipinski definition) is 9. The number of nitro benzene ring substituents is 1. The summed E-state index contributed by atoms with van der Waals surface area (Å²) in [5.41, 5.74) is 0.560. The lowest BCUT2D eigenvalue weighted by molar-refractivity contribution is -0.384. The molecule has 0 bridgehead atoms. The zero-order valence-electron chi connectivity index (χ0n) is 17.5. The van der Waals surface area contributed by atoms with Crippen LogP contribution in [0.4, 0.5) is 10.8 Å². The molecule has 1 aliphatic heterocycles. The van der Waals surface area contributed by atoms with Crippen molar-refractivity contribution < 1.29 is 24.4 Å². The number of ketones is 1. The third-order valence-electron chi connectivity index (χ3n) is 5.38. The van der Waals surface area contributed by atoms with Gasteiger partial charge in [-0.15, -0.1) is 11.3 Å². The van der Waals surface area contributed by atoms with Crippen LogP contribution in [0.1, 0.15) is 21.3 Å². The van der Waals surface area contributed by atoms with E-state index in [1.54, 1.807) is 41.8 Å². The first kappa shape index (κ1) is 21.7. The molecular weight excluding hydrogens is 478 g/mol. The highest BCUT2D eigenvalue weighted by atomic mass is 32.1. The van der Waals surface area contributed by atoms with Crippen LogP contribution < -0.4 is 9.64 Å². The van der Waals surface area contributed by atoms with Gasteiger partial charge >= 0.3 is 0 Å². The Kier molecular flexibility index (Phi) is 5.34. The van der Waals surface area contributed by atoms with Crippen LogP contribution in [0.25, 0.3) is 10.2 Å². The molecular formula is C23H15N3O6S2. The van der Waals surface area contributed by atoms with Crippen LogP contribution in [0, 0.1) is 10.1 Å². The lowest BCUT2D eigenvalue weighted by Gasteiger charge is -2.24. The number of thiophene rings is 1. The van der Waals surface area contributed by atoms with E-state index in [0.29, 0.717) is 21.7 Å². The number of ether oxygens (including phenoxy) is 1. The van der Waals surface area contributed by atoms with Crippen molar-refractivity contribution >= 4 is 55.4 Å². The Morgan fingerprint density at radius 2 is 2.03 bits per heavy atom. The van der Waals surface area contributed by atoms with E-state index >= 15 is 0 Å². The van der Waals surface area contributed by atoms with Crippen LogP contribution in [-0.2, 0) is 4.79 Å². The van der Waals surface area contributed by atoms with E-state index in [1.165, 1.54) is 52.9 Å². The fourth-order valence-corrected chi connectivity index (χ4v) is 5.52. The standard InChI is InChI=1S/C23H15N3O6S2/c1-32-14-7-8-15-17(11-14)34-23(24-15)25-19(12-4-2-5-13(10-12)26(30)31)18(21(28)22(25)29)20(27)16-6-3-9-33-16/h2-11,19,28H,1H3. The molecule has 3 heterocycles. The molecule has 0 spiro atoms. The van der Waals surface area contributed by atoms with Crippen molar-refractivity contribution in [1.82, 2.24) is 4.98 Å². The van der Waals surface area contributed by atoms with Crippen LogP contribution >= 0.6 is 22.7 Å². The van der Waals surface area contributed by atoms with Crippen molar-refractivity contribution in [2.45, 2.75) is 6.04 Å². The molecule has 0 saturated heterocycles. The molecule has 170 valence electrons. The van der Waals surface area contributed by atoms with Gasteiger partial charge in [-0.05, 0) is 35.2 Å². The molecule has 1 atom stereocenters. The average molecular weight is 494 g/mol. The molecule has 1 unspecified atom stereocenters. The smallest absolute Gasteiger partial charge is 0.296 e. The van der Waals surface area contributed by atoms with Gasteiger partial charge in [-0.1, -0.05) is 29.5 Å². The van der Waals surface area contributed by atoms with E-state index in [1.807, 2.05) is 0 Å². The molecule has 0 aliphatic carbocycles. The van der Waals surface area contributed by atoms with Gasteiger partial charge in [0.1, 0.15) is 5.75 Å². The van der Waals surface area contributed by atoms with Crippen molar-refractivity contribution in [1.29, 1.82) is 0 Å². The number of fused-ring (bicyclic) bond motifs is 1. The molecule has 4 aromatic rings. The van der Waals surface area contributed by atoms with Gasteiger partial charge in [-0.2, -0.15) is 0 Å². The highest BCUT2D eigenvalue weighted by Gasteiger charge is 2.46. The Bertz CT molecular complexity index is 1490. The SMILES string of the molecule is COc1ccc2nc(N3C(=O)C(O)=C(C(=O)c4cccs4)C3c3cccc([N+](=O)[O-])c3)sc2c1. The highest BCUT2D eigenvalue weighted by Crippen LogP contribution is 2.45. The van der Waals surface area contributed by atoms with Gasteiger partial charge in [-0.25, -0.2) is 4.98 Å². The lowest BCUT2D eigenvalue weighted by atomic mass is 9.95. The monoisotopic (exact) mass is 493 g/mol. The van der Waals surface area contributed by atoms with Gasteiger partial charge in [-0.3, -0.25) is 24.6 Å². The second kappa shape index (κ2) is 8.36. The minimum absolute atomic E-state index is 0.148. The van der Waals surface area contributed by atoms with E-state index in [-0.39, 0.29) is 16.4 Å². The van der Waals surface area contributed by atoms with Crippen LogP contribution in [0.3, 0.4) is 0 Å². The minimum Gasteiger partial charge on any atom is -0.503 e. The fourth-order valence-electron chi connectivity index (χ4n) is 3.82. The number of thiazole rings is 1. The predicted octanol–water partition coefficient (Wildman–Crippen LogP) is 5.06. The zero-order chi connectivity index (χ0) is 24.0. The van der Waals surface area contributed by atoms with Crippen molar-refractivity contribution in [3.8, 4) is 5.75 Å². The van der Waals surface area contributed by atoms with Crippen LogP contribution in [-0.4, -0.2) is 33.8 Å². The minimum atomic E-state index is -1.09. The molecule has 11 heteroatoms. The second-order valence-corrected chi connectivity index (χ2v) is 9.29. The van der Waals surface area contributed by atoms with Crippen LogP contribution in [0.2, 0.25) is 0 Å². The van der Waals surface area contributed by atoms with Gasteiger partial charge in [0.2, 0.25) is 5.78 Å². The van der Waals surface area contributed by atoms with Crippen molar-refractivity contribution in [2.24, 2.45) is 0 Å². The van der Waals surface area contributed by atoms with Crippen LogP contribution in [0.5, 0.6) is 5.75 Å². The third-order valence-corrected chi connectivity index (χ3v) is 7.27. The molecule has 9 nitrogen and oxygen atoms in total. The number of non-ortho nitro benzene ring substituents is 1. The number of anilines is 1. The lowest BCUT2D eigenvalue weighted by Crippen LogP contribution is -2.31. The number of nitro groups is 1. The molecule has 2 aromatic heterocycles. The number of nitrogens with zero attached hydrogens (tertiary/aromatic N) is 3. The number of carbonyl (C=O) groups excluding carboxylic acids is 2. The number of benzene rings is 2. The van der Waals surface area contributed by atoms with Crippen molar-refractivity contribution in [3.05, 3.63) is 91.9 Å². The predicted molar refractivity (Wildman–Crippen MR) is 128 cm³/mol. The Balaban J connectivity index is 1.69. The van der Waals surface area contributed by atoms with E-state index in [2.05, 4.69) is 4.98 Å². The summed E-state index contributed by atoms with van der Waals surface area (Å²) in [5, 5.41) is 24.2. The summed E-state index contributed by atoms with van der Waals surface area (Å²) < 4.78 is 5.99.